The number of carbonyl (C=O) groups excluding carboxylic acids is 1. The third-order valence-corrected chi connectivity index (χ3v) is 7.40. The number of nitrogens with zero attached hydrogens (tertiary/aromatic N) is 3. The first kappa shape index (κ1) is 22.8. The lowest BCUT2D eigenvalue weighted by Gasteiger charge is -2.18. The summed E-state index contributed by atoms with van der Waals surface area (Å²) in [5.74, 6) is 0.718. The molecule has 0 radical (unpaired) electrons. The third kappa shape index (κ3) is 4.53. The number of carbonyl (C=O) groups is 1. The Kier molecular flexibility index (Phi) is 6.54. The summed E-state index contributed by atoms with van der Waals surface area (Å²) in [4.78, 5) is 15.5. The maximum Gasteiger partial charge on any atom is 0.266 e. The van der Waals surface area contributed by atoms with E-state index in [0.717, 1.165) is 53.3 Å². The van der Waals surface area contributed by atoms with Gasteiger partial charge in [0.05, 0.1) is 30.4 Å². The van der Waals surface area contributed by atoms with Crippen molar-refractivity contribution in [2.24, 2.45) is 0 Å². The molecule has 6 nitrogen and oxygen atoms in total. The highest BCUT2D eigenvalue weighted by Crippen LogP contribution is 2.36. The molecule has 0 spiro atoms. The zero-order valence-corrected chi connectivity index (χ0v) is 20.7. The van der Waals surface area contributed by atoms with Crippen molar-refractivity contribution in [3.8, 4) is 22.7 Å². The number of para-hydroxylation sites is 1. The number of thiocarbonyl (C=S) groups is 1. The van der Waals surface area contributed by atoms with Crippen LogP contribution < -0.4 is 4.74 Å². The van der Waals surface area contributed by atoms with Gasteiger partial charge in [-0.3, -0.25) is 9.69 Å². The van der Waals surface area contributed by atoms with Gasteiger partial charge in [0, 0.05) is 23.9 Å². The van der Waals surface area contributed by atoms with E-state index in [1.54, 1.807) is 12.0 Å². The summed E-state index contributed by atoms with van der Waals surface area (Å²) in [6.45, 7) is 3.29. The van der Waals surface area contributed by atoms with E-state index in [1.807, 2.05) is 72.4 Å². The van der Waals surface area contributed by atoms with Gasteiger partial charge in [0.2, 0.25) is 0 Å². The molecule has 0 aliphatic carbocycles. The highest BCUT2D eigenvalue weighted by molar-refractivity contribution is 8.26. The molecule has 8 heteroatoms. The van der Waals surface area contributed by atoms with E-state index in [0.29, 0.717) is 15.8 Å². The van der Waals surface area contributed by atoms with Crippen molar-refractivity contribution in [1.29, 1.82) is 0 Å². The number of thioether (sulfide) groups is 1. The van der Waals surface area contributed by atoms with Crippen LogP contribution in [0.1, 0.15) is 24.0 Å². The van der Waals surface area contributed by atoms with Crippen molar-refractivity contribution in [1.82, 2.24) is 14.7 Å². The Morgan fingerprint density at radius 2 is 2.09 bits per heavy atom. The van der Waals surface area contributed by atoms with Gasteiger partial charge in [-0.15, -0.1) is 0 Å². The van der Waals surface area contributed by atoms with Crippen LogP contribution in [0.4, 0.5) is 0 Å². The number of hydrogen-bond acceptors (Lipinski definition) is 6. The topological polar surface area (TPSA) is 56.6 Å². The molecule has 0 unspecified atom stereocenters. The second kappa shape index (κ2) is 9.74. The largest absolute Gasteiger partial charge is 0.497 e. The fourth-order valence-corrected chi connectivity index (χ4v) is 5.50. The molecule has 174 valence electrons. The second-order valence-corrected chi connectivity index (χ2v) is 10.00. The van der Waals surface area contributed by atoms with Gasteiger partial charge >= 0.3 is 0 Å². The number of aromatic nitrogens is 2. The van der Waals surface area contributed by atoms with Gasteiger partial charge in [0.1, 0.15) is 15.8 Å². The first-order valence-electron chi connectivity index (χ1n) is 11.2. The van der Waals surface area contributed by atoms with Crippen molar-refractivity contribution >= 4 is 40.3 Å². The lowest BCUT2D eigenvalue weighted by atomic mass is 10.0. The summed E-state index contributed by atoms with van der Waals surface area (Å²) in [6, 6.07) is 15.9. The molecule has 2 aliphatic heterocycles. The van der Waals surface area contributed by atoms with Crippen LogP contribution in [0.3, 0.4) is 0 Å². The normalized spacial score (nSPS) is 19.4. The maximum absolute atomic E-state index is 13.2. The van der Waals surface area contributed by atoms with Crippen molar-refractivity contribution < 1.29 is 14.3 Å². The Balaban J connectivity index is 1.54. The molecule has 5 rings (SSSR count). The van der Waals surface area contributed by atoms with Gasteiger partial charge in [0.15, 0.2) is 0 Å². The minimum atomic E-state index is -0.0737. The van der Waals surface area contributed by atoms with Crippen LogP contribution in [0.25, 0.3) is 23.0 Å². The Hall–Kier alpha value is -2.94. The number of rotatable bonds is 6. The minimum Gasteiger partial charge on any atom is -0.497 e. The Morgan fingerprint density at radius 1 is 1.26 bits per heavy atom. The summed E-state index contributed by atoms with van der Waals surface area (Å²) in [5.41, 5.74) is 4.62. The van der Waals surface area contributed by atoms with Gasteiger partial charge in [-0.2, -0.15) is 5.10 Å². The van der Waals surface area contributed by atoms with Crippen molar-refractivity contribution in [2.45, 2.75) is 25.9 Å². The zero-order chi connectivity index (χ0) is 23.7. The molecular weight excluding hydrogens is 466 g/mol. The standard InChI is InChI=1S/C26H25N3O3S2/c1-17-13-20(31-2)10-11-22(17)24-18(15-29(27-24)19-7-4-3-5-8-19)14-23-25(30)28(26(33)34-23)16-21-9-6-12-32-21/h3-5,7-8,10-11,13-15,21H,6,9,12,16H2,1-2H3/b23-14-/t21-/m1/s1. The molecule has 3 aromatic rings. The molecule has 2 fully saturated rings. The number of hydrogen-bond donors (Lipinski definition) is 0. The lowest BCUT2D eigenvalue weighted by molar-refractivity contribution is -0.123. The van der Waals surface area contributed by atoms with Gasteiger partial charge < -0.3 is 9.47 Å². The molecule has 0 N–H and O–H groups in total. The van der Waals surface area contributed by atoms with Crippen LogP contribution >= 0.6 is 24.0 Å². The number of methoxy groups -OCH3 is 1. The van der Waals surface area contributed by atoms with Crippen LogP contribution in [0, 0.1) is 6.92 Å². The van der Waals surface area contributed by atoms with Crippen LogP contribution in [-0.4, -0.2) is 51.3 Å². The van der Waals surface area contributed by atoms with Crippen LogP contribution in [0.5, 0.6) is 5.75 Å². The summed E-state index contributed by atoms with van der Waals surface area (Å²) in [6.07, 6.45) is 5.90. The van der Waals surface area contributed by atoms with E-state index in [9.17, 15) is 4.79 Å². The summed E-state index contributed by atoms with van der Waals surface area (Å²) in [5, 5.41) is 4.90. The van der Waals surface area contributed by atoms with Gasteiger partial charge in [-0.05, 0) is 61.7 Å². The molecule has 2 saturated heterocycles. The number of benzene rings is 2. The van der Waals surface area contributed by atoms with Gasteiger partial charge in [-0.25, -0.2) is 4.68 Å². The quantitative estimate of drug-likeness (QED) is 0.347. The maximum atomic E-state index is 13.2. The molecular formula is C26H25N3O3S2. The van der Waals surface area contributed by atoms with Gasteiger partial charge in [0.25, 0.3) is 5.91 Å². The smallest absolute Gasteiger partial charge is 0.266 e. The van der Waals surface area contributed by atoms with Crippen molar-refractivity contribution in [2.75, 3.05) is 20.3 Å². The second-order valence-electron chi connectivity index (χ2n) is 8.32. The van der Waals surface area contributed by atoms with Crippen molar-refractivity contribution in [3.63, 3.8) is 0 Å². The monoisotopic (exact) mass is 491 g/mol. The van der Waals surface area contributed by atoms with Crippen LogP contribution in [0.15, 0.2) is 59.6 Å². The Bertz CT molecular complexity index is 1260. The molecule has 0 saturated carbocycles. The van der Waals surface area contributed by atoms with E-state index in [4.69, 9.17) is 26.8 Å². The van der Waals surface area contributed by atoms with Crippen molar-refractivity contribution in [3.05, 3.63) is 70.8 Å². The summed E-state index contributed by atoms with van der Waals surface area (Å²) >= 11 is 6.87. The predicted octanol–water partition coefficient (Wildman–Crippen LogP) is 5.24. The minimum absolute atomic E-state index is 0.0557. The van der Waals surface area contributed by atoms with E-state index in [2.05, 4.69) is 0 Å². The van der Waals surface area contributed by atoms with E-state index in [1.165, 1.54) is 11.8 Å². The Labute approximate surface area is 208 Å². The molecule has 0 bridgehead atoms. The predicted molar refractivity (Wildman–Crippen MR) is 139 cm³/mol. The first-order chi connectivity index (χ1) is 16.5. The SMILES string of the molecule is COc1ccc(-c2nn(-c3ccccc3)cc2/C=C2\SC(=S)N(C[C@H]3CCCO3)C2=O)c(C)c1. The van der Waals surface area contributed by atoms with E-state index < -0.39 is 0 Å². The number of aryl methyl sites for hydroxylation is 1. The Morgan fingerprint density at radius 3 is 2.79 bits per heavy atom. The fourth-order valence-electron chi connectivity index (χ4n) is 4.23. The zero-order valence-electron chi connectivity index (χ0n) is 19.1. The molecule has 1 atom stereocenters. The molecule has 1 amide bonds. The molecule has 1 aromatic heterocycles. The number of amides is 1. The van der Waals surface area contributed by atoms with Crippen LogP contribution in [-0.2, 0) is 9.53 Å². The molecule has 2 aliphatic rings. The first-order valence-corrected chi connectivity index (χ1v) is 12.4. The highest BCUT2D eigenvalue weighted by Gasteiger charge is 2.35. The molecule has 3 heterocycles. The summed E-state index contributed by atoms with van der Waals surface area (Å²) < 4.78 is 13.5. The van der Waals surface area contributed by atoms with Gasteiger partial charge in [-0.1, -0.05) is 42.2 Å². The average molecular weight is 492 g/mol. The third-order valence-electron chi connectivity index (χ3n) is 6.02. The fraction of sp³-hybridized carbons (Fsp3) is 0.269. The average Bonchev–Trinajstić information content (AvgIpc) is 3.57. The number of ether oxygens (including phenoxy) is 2. The highest BCUT2D eigenvalue weighted by atomic mass is 32.2. The molecule has 2 aromatic carbocycles. The van der Waals surface area contributed by atoms with Crippen LogP contribution in [0.2, 0.25) is 0 Å². The molecule has 34 heavy (non-hydrogen) atoms. The van der Waals surface area contributed by atoms with E-state index >= 15 is 0 Å². The van der Waals surface area contributed by atoms with E-state index in [-0.39, 0.29) is 12.0 Å². The lowest BCUT2D eigenvalue weighted by Crippen LogP contribution is -2.35. The summed E-state index contributed by atoms with van der Waals surface area (Å²) in [7, 11) is 1.66.